The Bertz CT molecular complexity index is 522. The van der Waals surface area contributed by atoms with Crippen LogP contribution in [0.5, 0.6) is 0 Å². The molecule has 2 amide bonds. The van der Waals surface area contributed by atoms with E-state index in [-0.39, 0.29) is 17.7 Å². The number of aryl methyl sites for hydroxylation is 2. The highest BCUT2D eigenvalue weighted by molar-refractivity contribution is 5.92. The number of benzene rings is 1. The van der Waals surface area contributed by atoms with Gasteiger partial charge < -0.3 is 11.1 Å². The predicted molar refractivity (Wildman–Crippen MR) is 82.9 cm³/mol. The molecule has 0 saturated carbocycles. The summed E-state index contributed by atoms with van der Waals surface area (Å²) in [6.07, 6.45) is 1.73. The first-order valence-corrected chi connectivity index (χ1v) is 7.34. The summed E-state index contributed by atoms with van der Waals surface area (Å²) >= 11 is 0. The quantitative estimate of drug-likeness (QED) is 0.880. The van der Waals surface area contributed by atoms with E-state index in [1.165, 1.54) is 0 Å². The molecule has 2 rings (SSSR count). The zero-order valence-corrected chi connectivity index (χ0v) is 12.7. The molecular weight excluding hydrogens is 266 g/mol. The van der Waals surface area contributed by atoms with Gasteiger partial charge in [0, 0.05) is 12.2 Å². The highest BCUT2D eigenvalue weighted by Crippen LogP contribution is 2.17. The molecule has 0 aromatic heterocycles. The van der Waals surface area contributed by atoms with Crippen LogP contribution in [-0.4, -0.2) is 36.3 Å². The van der Waals surface area contributed by atoms with Crippen LogP contribution in [0.1, 0.15) is 24.0 Å². The van der Waals surface area contributed by atoms with Gasteiger partial charge >= 0.3 is 0 Å². The van der Waals surface area contributed by atoms with E-state index in [1.54, 1.807) is 0 Å². The van der Waals surface area contributed by atoms with E-state index >= 15 is 0 Å². The van der Waals surface area contributed by atoms with E-state index in [0.29, 0.717) is 13.1 Å². The zero-order chi connectivity index (χ0) is 15.4. The summed E-state index contributed by atoms with van der Waals surface area (Å²) in [5, 5.41) is 2.92. The molecule has 0 aliphatic carbocycles. The molecule has 1 fully saturated rings. The number of amides is 2. The number of hydrogen-bond donors (Lipinski definition) is 2. The number of anilines is 1. The fraction of sp³-hybridized carbons (Fsp3) is 0.500. The Labute approximate surface area is 125 Å². The maximum atomic E-state index is 12.1. The fourth-order valence-corrected chi connectivity index (χ4v) is 2.88. The maximum absolute atomic E-state index is 12.1. The first-order chi connectivity index (χ1) is 9.94. The lowest BCUT2D eigenvalue weighted by atomic mass is 9.97. The number of nitrogens with zero attached hydrogens (tertiary/aromatic N) is 1. The summed E-state index contributed by atoms with van der Waals surface area (Å²) in [7, 11) is 0. The molecule has 0 radical (unpaired) electrons. The molecule has 3 N–H and O–H groups in total. The minimum Gasteiger partial charge on any atom is -0.369 e. The monoisotopic (exact) mass is 289 g/mol. The van der Waals surface area contributed by atoms with E-state index in [1.807, 2.05) is 30.9 Å². The topological polar surface area (TPSA) is 75.4 Å². The van der Waals surface area contributed by atoms with Gasteiger partial charge in [-0.1, -0.05) is 6.07 Å². The van der Waals surface area contributed by atoms with Crippen molar-refractivity contribution in [2.24, 2.45) is 11.7 Å². The van der Waals surface area contributed by atoms with Gasteiger partial charge in [-0.2, -0.15) is 0 Å². The number of hydrogen-bond acceptors (Lipinski definition) is 3. The molecule has 5 heteroatoms. The number of rotatable bonds is 4. The van der Waals surface area contributed by atoms with Gasteiger partial charge in [0.05, 0.1) is 12.5 Å². The zero-order valence-electron chi connectivity index (χ0n) is 12.7. The minimum absolute atomic E-state index is 0.0508. The third kappa shape index (κ3) is 4.56. The smallest absolute Gasteiger partial charge is 0.238 e. The molecule has 0 unspecified atom stereocenters. The van der Waals surface area contributed by atoms with Crippen molar-refractivity contribution in [3.8, 4) is 0 Å². The van der Waals surface area contributed by atoms with Gasteiger partial charge in [-0.05, 0) is 56.5 Å². The first kappa shape index (κ1) is 15.5. The summed E-state index contributed by atoms with van der Waals surface area (Å²) < 4.78 is 0. The van der Waals surface area contributed by atoms with Gasteiger partial charge in [-0.15, -0.1) is 0 Å². The molecule has 1 aromatic carbocycles. The minimum atomic E-state index is -0.269. The number of carbonyl (C=O) groups excluding carboxylic acids is 2. The second-order valence-corrected chi connectivity index (χ2v) is 5.90. The van der Waals surface area contributed by atoms with Crippen LogP contribution >= 0.6 is 0 Å². The fourth-order valence-electron chi connectivity index (χ4n) is 2.88. The molecule has 0 spiro atoms. The number of piperidine rings is 1. The number of nitrogens with two attached hydrogens (primary N) is 1. The second kappa shape index (κ2) is 6.72. The van der Waals surface area contributed by atoms with Crippen molar-refractivity contribution in [2.75, 3.05) is 25.0 Å². The maximum Gasteiger partial charge on any atom is 0.238 e. The average Bonchev–Trinajstić information content (AvgIpc) is 2.37. The van der Waals surface area contributed by atoms with Gasteiger partial charge in [0.25, 0.3) is 0 Å². The molecule has 1 aromatic rings. The van der Waals surface area contributed by atoms with Gasteiger partial charge in [0.2, 0.25) is 11.8 Å². The van der Waals surface area contributed by atoms with Gasteiger partial charge in [0.1, 0.15) is 0 Å². The van der Waals surface area contributed by atoms with Crippen molar-refractivity contribution >= 4 is 17.5 Å². The third-order valence-corrected chi connectivity index (χ3v) is 3.78. The van der Waals surface area contributed by atoms with Crippen molar-refractivity contribution in [2.45, 2.75) is 26.7 Å². The lowest BCUT2D eigenvalue weighted by molar-refractivity contribution is -0.125. The summed E-state index contributed by atoms with van der Waals surface area (Å²) in [4.78, 5) is 25.4. The Morgan fingerprint density at radius 1 is 1.29 bits per heavy atom. The highest BCUT2D eigenvalue weighted by atomic mass is 16.2. The third-order valence-electron chi connectivity index (χ3n) is 3.78. The van der Waals surface area contributed by atoms with Crippen LogP contribution in [0.2, 0.25) is 0 Å². The van der Waals surface area contributed by atoms with Crippen molar-refractivity contribution < 1.29 is 9.59 Å². The Morgan fingerprint density at radius 2 is 1.95 bits per heavy atom. The standard InChI is InChI=1S/C16H23N3O2/c1-11-6-12(2)8-14(7-11)18-15(20)10-19-5-3-4-13(9-19)16(17)21/h6-8,13H,3-5,9-10H2,1-2H3,(H2,17,21)(H,18,20)/t13-/m0/s1. The van der Waals surface area contributed by atoms with Crippen LogP contribution < -0.4 is 11.1 Å². The van der Waals surface area contributed by atoms with Crippen LogP contribution in [0.3, 0.4) is 0 Å². The lowest BCUT2D eigenvalue weighted by Gasteiger charge is -2.30. The van der Waals surface area contributed by atoms with Gasteiger partial charge in [0.15, 0.2) is 0 Å². The van der Waals surface area contributed by atoms with Crippen LogP contribution in [0.4, 0.5) is 5.69 Å². The molecular formula is C16H23N3O2. The molecule has 1 heterocycles. The Hall–Kier alpha value is -1.88. The van der Waals surface area contributed by atoms with Crippen molar-refractivity contribution in [3.05, 3.63) is 29.3 Å². The molecule has 1 aliphatic rings. The Kier molecular flexibility index (Phi) is 4.96. The van der Waals surface area contributed by atoms with Crippen LogP contribution in [0, 0.1) is 19.8 Å². The van der Waals surface area contributed by atoms with E-state index in [4.69, 9.17) is 5.73 Å². The first-order valence-electron chi connectivity index (χ1n) is 7.34. The molecule has 1 atom stereocenters. The van der Waals surface area contributed by atoms with Crippen LogP contribution in [0.25, 0.3) is 0 Å². The van der Waals surface area contributed by atoms with Gasteiger partial charge in [-0.25, -0.2) is 0 Å². The summed E-state index contributed by atoms with van der Waals surface area (Å²) in [6.45, 7) is 5.73. The number of primary amides is 1. The van der Waals surface area contributed by atoms with Crippen molar-refractivity contribution in [1.29, 1.82) is 0 Å². The largest absolute Gasteiger partial charge is 0.369 e. The SMILES string of the molecule is Cc1cc(C)cc(NC(=O)CN2CCC[C@H](C(N)=O)C2)c1. The molecule has 1 aliphatic heterocycles. The predicted octanol–water partition coefficient (Wildman–Crippen LogP) is 1.44. The average molecular weight is 289 g/mol. The Balaban J connectivity index is 1.90. The summed E-state index contributed by atoms with van der Waals surface area (Å²) in [5.41, 5.74) is 8.42. The van der Waals surface area contributed by atoms with E-state index < -0.39 is 0 Å². The molecule has 1 saturated heterocycles. The van der Waals surface area contributed by atoms with Gasteiger partial charge in [-0.3, -0.25) is 14.5 Å². The Morgan fingerprint density at radius 3 is 2.57 bits per heavy atom. The highest BCUT2D eigenvalue weighted by Gasteiger charge is 2.25. The summed E-state index contributed by atoms with van der Waals surface area (Å²) in [5.74, 6) is -0.452. The lowest BCUT2D eigenvalue weighted by Crippen LogP contribution is -2.44. The molecule has 0 bridgehead atoms. The van der Waals surface area contributed by atoms with E-state index in [2.05, 4.69) is 11.4 Å². The second-order valence-electron chi connectivity index (χ2n) is 5.90. The van der Waals surface area contributed by atoms with Crippen LogP contribution in [0.15, 0.2) is 18.2 Å². The van der Waals surface area contributed by atoms with E-state index in [9.17, 15) is 9.59 Å². The number of carbonyl (C=O) groups is 2. The number of nitrogens with one attached hydrogen (secondary N) is 1. The normalized spacial score (nSPS) is 19.2. The molecule has 5 nitrogen and oxygen atoms in total. The summed E-state index contributed by atoms with van der Waals surface area (Å²) in [6, 6.07) is 5.97. The molecule has 114 valence electrons. The van der Waals surface area contributed by atoms with E-state index in [0.717, 1.165) is 36.2 Å². The van der Waals surface area contributed by atoms with Crippen molar-refractivity contribution in [3.63, 3.8) is 0 Å². The molecule has 21 heavy (non-hydrogen) atoms. The van der Waals surface area contributed by atoms with Crippen LogP contribution in [-0.2, 0) is 9.59 Å². The van der Waals surface area contributed by atoms with Crippen molar-refractivity contribution in [1.82, 2.24) is 4.90 Å². The number of likely N-dealkylation sites (tertiary alicyclic amines) is 1.